The molecule has 4 heterocycles. The molecule has 29 heavy (non-hydrogen) atoms. The van der Waals surface area contributed by atoms with Gasteiger partial charge in [-0.15, -0.1) is 0 Å². The van der Waals surface area contributed by atoms with Gasteiger partial charge in [0.05, 0.1) is 0 Å². The number of carbonyl (C=O) groups excluding carboxylic acids is 1. The molecule has 2 atom stereocenters. The second kappa shape index (κ2) is 8.78. The number of hydrogen-bond donors (Lipinski definition) is 1. The van der Waals surface area contributed by atoms with Crippen LogP contribution in [0.3, 0.4) is 0 Å². The SMILES string of the molecule is C/C=C\C=C(/C=NC)C[C@H]1[C@H](NC(=O)c2cc3ccccc3o2)C2CCN1CC2. The van der Waals surface area contributed by atoms with Gasteiger partial charge in [0.1, 0.15) is 5.58 Å². The van der Waals surface area contributed by atoms with Gasteiger partial charge in [-0.2, -0.15) is 0 Å². The average molecular weight is 392 g/mol. The first-order chi connectivity index (χ1) is 14.2. The van der Waals surface area contributed by atoms with Gasteiger partial charge in [0.15, 0.2) is 5.76 Å². The van der Waals surface area contributed by atoms with E-state index in [0.717, 1.165) is 43.3 Å². The van der Waals surface area contributed by atoms with Crippen LogP contribution in [0, 0.1) is 5.92 Å². The number of benzene rings is 1. The molecule has 1 aromatic heterocycles. The fourth-order valence-electron chi connectivity index (χ4n) is 4.73. The van der Waals surface area contributed by atoms with Crippen molar-refractivity contribution in [2.45, 2.75) is 38.3 Å². The Morgan fingerprint density at radius 2 is 2.10 bits per heavy atom. The Hall–Kier alpha value is -2.66. The molecule has 152 valence electrons. The van der Waals surface area contributed by atoms with Crippen molar-refractivity contribution in [1.29, 1.82) is 0 Å². The maximum absolute atomic E-state index is 13.0. The van der Waals surface area contributed by atoms with E-state index in [2.05, 4.69) is 27.4 Å². The van der Waals surface area contributed by atoms with E-state index >= 15 is 0 Å². The van der Waals surface area contributed by atoms with Gasteiger partial charge >= 0.3 is 0 Å². The molecule has 2 bridgehead atoms. The van der Waals surface area contributed by atoms with Crippen molar-refractivity contribution in [3.05, 3.63) is 59.9 Å². The van der Waals surface area contributed by atoms with Crippen molar-refractivity contribution < 1.29 is 9.21 Å². The standard InChI is InChI=1S/C24H29N3O2/c1-3-4-7-17(16-25-2)14-20-23(18-10-12-27(20)13-11-18)26-24(28)22-15-19-8-5-6-9-21(19)29-22/h3-9,15-16,18,20,23H,10-14H2,1-2H3,(H,26,28)/b4-3-,17-7-,25-16?/t20-,23+/m0/s1. The smallest absolute Gasteiger partial charge is 0.287 e. The Kier molecular flexibility index (Phi) is 5.95. The zero-order chi connectivity index (χ0) is 20.2. The summed E-state index contributed by atoms with van der Waals surface area (Å²) in [7, 11) is 1.80. The molecule has 3 fully saturated rings. The molecule has 1 amide bonds. The maximum atomic E-state index is 13.0. The molecular weight excluding hydrogens is 362 g/mol. The Morgan fingerprint density at radius 1 is 1.31 bits per heavy atom. The maximum Gasteiger partial charge on any atom is 0.287 e. The van der Waals surface area contributed by atoms with E-state index in [1.807, 2.05) is 49.5 Å². The van der Waals surface area contributed by atoms with E-state index in [1.165, 1.54) is 5.57 Å². The summed E-state index contributed by atoms with van der Waals surface area (Å²) >= 11 is 0. The average Bonchev–Trinajstić information content (AvgIpc) is 3.19. The van der Waals surface area contributed by atoms with Crippen LogP contribution in [0.5, 0.6) is 0 Å². The highest BCUT2D eigenvalue weighted by molar-refractivity contribution is 5.96. The highest BCUT2D eigenvalue weighted by Gasteiger charge is 2.43. The third-order valence-electron chi connectivity index (χ3n) is 6.16. The van der Waals surface area contributed by atoms with Crippen molar-refractivity contribution in [3.8, 4) is 0 Å². The van der Waals surface area contributed by atoms with Gasteiger partial charge < -0.3 is 9.73 Å². The second-order valence-electron chi connectivity index (χ2n) is 7.95. The van der Waals surface area contributed by atoms with E-state index in [-0.39, 0.29) is 18.0 Å². The predicted octanol–water partition coefficient (Wildman–Crippen LogP) is 4.22. The zero-order valence-corrected chi connectivity index (χ0v) is 17.2. The lowest BCUT2D eigenvalue weighted by molar-refractivity contribution is 0.0137. The van der Waals surface area contributed by atoms with Crippen molar-refractivity contribution >= 4 is 23.1 Å². The van der Waals surface area contributed by atoms with Crippen LogP contribution in [-0.4, -0.2) is 49.2 Å². The Labute approximate surface area is 172 Å². The van der Waals surface area contributed by atoms with Crippen molar-refractivity contribution in [1.82, 2.24) is 10.2 Å². The fourth-order valence-corrected chi connectivity index (χ4v) is 4.73. The molecule has 1 aromatic carbocycles. The highest BCUT2D eigenvalue weighted by atomic mass is 16.3. The first-order valence-corrected chi connectivity index (χ1v) is 10.5. The van der Waals surface area contributed by atoms with E-state index in [9.17, 15) is 4.79 Å². The van der Waals surface area contributed by atoms with Crippen LogP contribution in [0.15, 0.2) is 63.5 Å². The van der Waals surface area contributed by atoms with Crippen molar-refractivity contribution in [2.75, 3.05) is 20.1 Å². The van der Waals surface area contributed by atoms with Crippen molar-refractivity contribution in [2.24, 2.45) is 10.9 Å². The first-order valence-electron chi connectivity index (χ1n) is 10.5. The summed E-state index contributed by atoms with van der Waals surface area (Å²) in [5, 5.41) is 4.27. The predicted molar refractivity (Wildman–Crippen MR) is 117 cm³/mol. The molecule has 5 heteroatoms. The number of para-hydroxylation sites is 1. The quantitative estimate of drug-likeness (QED) is 0.592. The minimum absolute atomic E-state index is 0.118. The van der Waals surface area contributed by atoms with E-state index < -0.39 is 0 Å². The minimum atomic E-state index is -0.118. The molecule has 2 aromatic rings. The number of allylic oxidation sites excluding steroid dienone is 3. The van der Waals surface area contributed by atoms with Crippen LogP contribution >= 0.6 is 0 Å². The Balaban J connectivity index is 1.55. The van der Waals surface area contributed by atoms with Gasteiger partial charge in [0, 0.05) is 30.7 Å². The molecule has 0 spiro atoms. The summed E-state index contributed by atoms with van der Waals surface area (Å²) in [6.45, 7) is 4.22. The van der Waals surface area contributed by atoms with E-state index in [4.69, 9.17) is 4.42 Å². The number of hydrogen-bond acceptors (Lipinski definition) is 4. The number of carbonyl (C=O) groups is 1. The zero-order valence-electron chi connectivity index (χ0n) is 17.2. The molecule has 1 N–H and O–H groups in total. The Bertz CT molecular complexity index is 915. The van der Waals surface area contributed by atoms with Crippen LogP contribution in [0.2, 0.25) is 0 Å². The van der Waals surface area contributed by atoms with Crippen LogP contribution in [-0.2, 0) is 0 Å². The number of aliphatic imine (C=N–C) groups is 1. The van der Waals surface area contributed by atoms with Gasteiger partial charge in [0.25, 0.3) is 5.91 Å². The van der Waals surface area contributed by atoms with Gasteiger partial charge in [-0.1, -0.05) is 36.4 Å². The topological polar surface area (TPSA) is 57.8 Å². The lowest BCUT2D eigenvalue weighted by Gasteiger charge is -2.51. The summed E-state index contributed by atoms with van der Waals surface area (Å²) in [6, 6.07) is 9.98. The Morgan fingerprint density at radius 3 is 2.83 bits per heavy atom. The summed E-state index contributed by atoms with van der Waals surface area (Å²) in [5.41, 5.74) is 1.94. The summed E-state index contributed by atoms with van der Waals surface area (Å²) in [5.74, 6) is 0.786. The molecule has 0 saturated carbocycles. The molecular formula is C24H29N3O2. The summed E-state index contributed by atoms with van der Waals surface area (Å²) < 4.78 is 5.79. The van der Waals surface area contributed by atoms with E-state index in [0.29, 0.717) is 11.7 Å². The fraction of sp³-hybridized carbons (Fsp3) is 0.417. The van der Waals surface area contributed by atoms with Crippen LogP contribution in [0.4, 0.5) is 0 Å². The van der Waals surface area contributed by atoms with Gasteiger partial charge in [0.2, 0.25) is 0 Å². The third kappa shape index (κ3) is 4.20. The second-order valence-corrected chi connectivity index (χ2v) is 7.95. The number of piperidine rings is 3. The summed E-state index contributed by atoms with van der Waals surface area (Å²) in [6.07, 6.45) is 11.3. The molecule has 5 nitrogen and oxygen atoms in total. The van der Waals surface area contributed by atoms with Gasteiger partial charge in [-0.05, 0) is 62.9 Å². The van der Waals surface area contributed by atoms with Crippen molar-refractivity contribution in [3.63, 3.8) is 0 Å². The molecule has 3 saturated heterocycles. The number of fused-ring (bicyclic) bond motifs is 4. The van der Waals surface area contributed by atoms with Crippen LogP contribution < -0.4 is 5.32 Å². The molecule has 3 aliphatic heterocycles. The molecule has 5 rings (SSSR count). The first kappa shape index (κ1) is 19.6. The number of nitrogens with zero attached hydrogens (tertiary/aromatic N) is 2. The number of nitrogens with one attached hydrogen (secondary N) is 1. The molecule has 3 aliphatic rings. The number of furan rings is 1. The van der Waals surface area contributed by atoms with E-state index in [1.54, 1.807) is 7.05 Å². The highest BCUT2D eigenvalue weighted by Crippen LogP contribution is 2.35. The number of rotatable bonds is 6. The molecule has 0 radical (unpaired) electrons. The lowest BCUT2D eigenvalue weighted by Crippen LogP contribution is -2.63. The third-order valence-corrected chi connectivity index (χ3v) is 6.16. The monoisotopic (exact) mass is 391 g/mol. The molecule has 0 aliphatic carbocycles. The largest absolute Gasteiger partial charge is 0.451 e. The molecule has 0 unspecified atom stereocenters. The summed E-state index contributed by atoms with van der Waals surface area (Å²) in [4.78, 5) is 19.8. The normalized spacial score (nSPS) is 27.3. The minimum Gasteiger partial charge on any atom is -0.451 e. The number of amides is 1. The van der Waals surface area contributed by atoms with Gasteiger partial charge in [-0.25, -0.2) is 0 Å². The van der Waals surface area contributed by atoms with Crippen LogP contribution in [0.1, 0.15) is 36.7 Å². The van der Waals surface area contributed by atoms with Gasteiger partial charge in [-0.3, -0.25) is 14.7 Å². The van der Waals surface area contributed by atoms with Crippen LogP contribution in [0.25, 0.3) is 11.0 Å². The lowest BCUT2D eigenvalue weighted by atomic mass is 9.76.